The Hall–Kier alpha value is -3.96. The highest BCUT2D eigenvalue weighted by Crippen LogP contribution is 2.30. The standard InChI is InChI=1S/C31H30F4N4O2S/c1-41-25-11-9-22(10-12-25)18-37(19-23-5-4-6-24(17-23)31(33,34)35)20-29-36-27(21-42-29)30(40)39-15-13-38(14-16-39)28-8-3-2-7-26(28)32/h2-12,17,21H,13-16,18-20H2,1H3. The van der Waals surface area contributed by atoms with Crippen molar-refractivity contribution in [2.24, 2.45) is 0 Å². The van der Waals surface area contributed by atoms with Crippen LogP contribution in [0.25, 0.3) is 0 Å². The van der Waals surface area contributed by atoms with Crippen molar-refractivity contribution < 1.29 is 27.1 Å². The number of para-hydroxylation sites is 1. The van der Waals surface area contributed by atoms with Crippen LogP contribution in [0.15, 0.2) is 78.2 Å². The van der Waals surface area contributed by atoms with Gasteiger partial charge in [-0.3, -0.25) is 9.69 Å². The van der Waals surface area contributed by atoms with Gasteiger partial charge in [-0.1, -0.05) is 42.5 Å². The lowest BCUT2D eigenvalue weighted by Gasteiger charge is -2.35. The van der Waals surface area contributed by atoms with Crippen LogP contribution >= 0.6 is 11.3 Å². The number of hydrogen-bond donors (Lipinski definition) is 0. The number of anilines is 1. The number of amides is 1. The number of benzene rings is 3. The number of aromatic nitrogens is 1. The highest BCUT2D eigenvalue weighted by atomic mass is 32.1. The maximum Gasteiger partial charge on any atom is 0.416 e. The molecule has 0 unspecified atom stereocenters. The van der Waals surface area contributed by atoms with Crippen molar-refractivity contribution in [2.45, 2.75) is 25.8 Å². The first kappa shape index (κ1) is 29.5. The molecule has 5 rings (SSSR count). The van der Waals surface area contributed by atoms with Crippen LogP contribution in [0.1, 0.15) is 32.2 Å². The zero-order valence-electron chi connectivity index (χ0n) is 23.0. The van der Waals surface area contributed by atoms with Gasteiger partial charge < -0.3 is 14.5 Å². The van der Waals surface area contributed by atoms with E-state index in [0.29, 0.717) is 67.0 Å². The number of alkyl halides is 3. The first-order valence-corrected chi connectivity index (χ1v) is 14.3. The minimum absolute atomic E-state index is 0.190. The zero-order chi connectivity index (χ0) is 29.7. The highest BCUT2D eigenvalue weighted by Gasteiger charge is 2.30. The molecule has 0 bridgehead atoms. The lowest BCUT2D eigenvalue weighted by molar-refractivity contribution is -0.137. The number of methoxy groups -OCH3 is 1. The van der Waals surface area contributed by atoms with E-state index in [9.17, 15) is 22.4 Å². The zero-order valence-corrected chi connectivity index (χ0v) is 23.8. The van der Waals surface area contributed by atoms with Crippen LogP contribution in [0.5, 0.6) is 5.75 Å². The fraction of sp³-hybridized carbons (Fsp3) is 0.290. The molecule has 1 aromatic heterocycles. The fourth-order valence-corrected chi connectivity index (χ4v) is 5.76. The SMILES string of the molecule is COc1ccc(CN(Cc2cccc(C(F)(F)F)c2)Cc2nc(C(=O)N3CCN(c4ccccc4F)CC3)cs2)cc1. The summed E-state index contributed by atoms with van der Waals surface area (Å²) in [6.45, 7) is 2.98. The Balaban J connectivity index is 1.27. The molecule has 0 aliphatic carbocycles. The molecule has 42 heavy (non-hydrogen) atoms. The first-order valence-electron chi connectivity index (χ1n) is 13.4. The molecule has 4 aromatic rings. The Morgan fingerprint density at radius 2 is 1.64 bits per heavy atom. The summed E-state index contributed by atoms with van der Waals surface area (Å²) in [6, 6.07) is 19.4. The van der Waals surface area contributed by atoms with Crippen molar-refractivity contribution in [3.8, 4) is 5.75 Å². The van der Waals surface area contributed by atoms with E-state index < -0.39 is 11.7 Å². The van der Waals surface area contributed by atoms with E-state index in [2.05, 4.69) is 4.98 Å². The van der Waals surface area contributed by atoms with Crippen LogP contribution in [-0.4, -0.2) is 54.0 Å². The van der Waals surface area contributed by atoms with Crippen LogP contribution < -0.4 is 9.64 Å². The summed E-state index contributed by atoms with van der Waals surface area (Å²) >= 11 is 1.34. The van der Waals surface area contributed by atoms with Gasteiger partial charge >= 0.3 is 6.18 Å². The van der Waals surface area contributed by atoms with Gasteiger partial charge in [0, 0.05) is 44.6 Å². The number of thiazole rings is 1. The maximum atomic E-state index is 14.2. The van der Waals surface area contributed by atoms with Gasteiger partial charge in [-0.15, -0.1) is 11.3 Å². The number of rotatable bonds is 9. The largest absolute Gasteiger partial charge is 0.497 e. The van der Waals surface area contributed by atoms with Crippen LogP contribution in [0.3, 0.4) is 0 Å². The van der Waals surface area contributed by atoms with Gasteiger partial charge in [0.15, 0.2) is 0 Å². The lowest BCUT2D eigenvalue weighted by atomic mass is 10.1. The number of ether oxygens (including phenoxy) is 1. The summed E-state index contributed by atoms with van der Waals surface area (Å²) in [7, 11) is 1.58. The van der Waals surface area contributed by atoms with Gasteiger partial charge in [0.1, 0.15) is 22.3 Å². The number of piperazine rings is 1. The molecule has 6 nitrogen and oxygen atoms in total. The third-order valence-corrected chi connectivity index (χ3v) is 7.95. The summed E-state index contributed by atoms with van der Waals surface area (Å²) in [6.07, 6.45) is -4.43. The van der Waals surface area contributed by atoms with Crippen molar-refractivity contribution in [1.82, 2.24) is 14.8 Å². The van der Waals surface area contributed by atoms with E-state index in [1.54, 1.807) is 41.7 Å². The molecule has 1 aliphatic rings. The number of hydrogen-bond acceptors (Lipinski definition) is 6. The summed E-state index contributed by atoms with van der Waals surface area (Å²) in [5, 5.41) is 2.40. The van der Waals surface area contributed by atoms with Crippen LogP contribution in [0, 0.1) is 5.82 Å². The molecule has 0 saturated carbocycles. The van der Waals surface area contributed by atoms with E-state index in [-0.39, 0.29) is 18.3 Å². The molecule has 11 heteroatoms. The minimum Gasteiger partial charge on any atom is -0.497 e. The fourth-order valence-electron chi connectivity index (χ4n) is 4.95. The van der Waals surface area contributed by atoms with Crippen molar-refractivity contribution in [3.05, 3.63) is 111 Å². The molecule has 0 radical (unpaired) electrons. The summed E-state index contributed by atoms with van der Waals surface area (Å²) in [4.78, 5) is 23.5. The summed E-state index contributed by atoms with van der Waals surface area (Å²) in [5.74, 6) is 0.233. The second-order valence-corrected chi connectivity index (χ2v) is 11.0. The third-order valence-electron chi connectivity index (χ3n) is 7.12. The normalized spacial score (nSPS) is 14.0. The van der Waals surface area contributed by atoms with Crippen molar-refractivity contribution in [3.63, 3.8) is 0 Å². The Kier molecular flexibility index (Phi) is 9.08. The van der Waals surface area contributed by atoms with Gasteiger partial charge in [0.2, 0.25) is 0 Å². The van der Waals surface area contributed by atoms with E-state index in [1.807, 2.05) is 34.1 Å². The molecule has 2 heterocycles. The molecule has 0 spiro atoms. The molecule has 1 amide bonds. The smallest absolute Gasteiger partial charge is 0.416 e. The Morgan fingerprint density at radius 3 is 2.33 bits per heavy atom. The molecule has 0 atom stereocenters. The Bertz CT molecular complexity index is 1500. The predicted octanol–water partition coefficient (Wildman–Crippen LogP) is 6.47. The Morgan fingerprint density at radius 1 is 0.929 bits per heavy atom. The highest BCUT2D eigenvalue weighted by molar-refractivity contribution is 7.09. The molecule has 220 valence electrons. The van der Waals surface area contributed by atoms with Gasteiger partial charge in [-0.05, 0) is 41.5 Å². The number of carbonyl (C=O) groups is 1. The van der Waals surface area contributed by atoms with E-state index in [4.69, 9.17) is 4.74 Å². The molecule has 1 fully saturated rings. The van der Waals surface area contributed by atoms with Crippen LogP contribution in [0.4, 0.5) is 23.2 Å². The Labute approximate surface area is 245 Å². The number of nitrogens with zero attached hydrogens (tertiary/aromatic N) is 4. The average Bonchev–Trinajstić information content (AvgIpc) is 3.45. The molecule has 1 aliphatic heterocycles. The number of carbonyl (C=O) groups excluding carboxylic acids is 1. The quantitative estimate of drug-likeness (QED) is 0.207. The molecule has 3 aromatic carbocycles. The molecule has 0 N–H and O–H groups in total. The van der Waals surface area contributed by atoms with E-state index in [0.717, 1.165) is 11.6 Å². The van der Waals surface area contributed by atoms with Crippen LogP contribution in [-0.2, 0) is 25.8 Å². The van der Waals surface area contributed by atoms with Gasteiger partial charge in [0.25, 0.3) is 5.91 Å². The topological polar surface area (TPSA) is 48.9 Å². The van der Waals surface area contributed by atoms with Gasteiger partial charge in [-0.2, -0.15) is 13.2 Å². The molecular weight excluding hydrogens is 568 g/mol. The second kappa shape index (κ2) is 12.9. The molecular formula is C31H30F4N4O2S. The summed E-state index contributed by atoms with van der Waals surface area (Å²) in [5.41, 5.74) is 1.65. The average molecular weight is 599 g/mol. The van der Waals surface area contributed by atoms with E-state index in [1.165, 1.54) is 29.5 Å². The summed E-state index contributed by atoms with van der Waals surface area (Å²) < 4.78 is 59.4. The number of halogens is 4. The van der Waals surface area contributed by atoms with Crippen molar-refractivity contribution in [2.75, 3.05) is 38.2 Å². The predicted molar refractivity (Wildman–Crippen MR) is 154 cm³/mol. The van der Waals surface area contributed by atoms with E-state index >= 15 is 0 Å². The van der Waals surface area contributed by atoms with Crippen molar-refractivity contribution >= 4 is 22.9 Å². The monoisotopic (exact) mass is 598 g/mol. The van der Waals surface area contributed by atoms with Gasteiger partial charge in [0.05, 0.1) is 24.9 Å². The second-order valence-electron chi connectivity index (χ2n) is 10.0. The molecule has 1 saturated heterocycles. The van der Waals surface area contributed by atoms with Gasteiger partial charge in [-0.25, -0.2) is 9.37 Å². The minimum atomic E-state index is -4.43. The third kappa shape index (κ3) is 7.27. The first-order chi connectivity index (χ1) is 20.2. The van der Waals surface area contributed by atoms with Crippen molar-refractivity contribution in [1.29, 1.82) is 0 Å². The lowest BCUT2D eigenvalue weighted by Crippen LogP contribution is -2.49. The maximum absolute atomic E-state index is 14.2. The van der Waals surface area contributed by atoms with Crippen LogP contribution in [0.2, 0.25) is 0 Å².